The van der Waals surface area contributed by atoms with Gasteiger partial charge in [-0.15, -0.1) is 0 Å². The molecule has 2 heterocycles. The lowest BCUT2D eigenvalue weighted by Gasteiger charge is -2.35. The van der Waals surface area contributed by atoms with E-state index >= 15 is 0 Å². The standard InChI is InChI=1S/C20H26N4O3/c1-13-21-17(23-27-13)15-6-5-7-16(12-15)22-18(25)14-8-10-24(11-9-14)19(26)20(2,3)4/h5-7,12,14H,8-11H2,1-4H3,(H,22,25). The molecule has 0 bridgehead atoms. The third-order valence-corrected chi connectivity index (χ3v) is 4.71. The van der Waals surface area contributed by atoms with Crippen molar-refractivity contribution in [2.45, 2.75) is 40.5 Å². The molecule has 2 aromatic rings. The van der Waals surface area contributed by atoms with Crippen molar-refractivity contribution >= 4 is 17.5 Å². The summed E-state index contributed by atoms with van der Waals surface area (Å²) in [5.74, 6) is 1.03. The van der Waals surface area contributed by atoms with E-state index in [0.29, 0.717) is 43.3 Å². The molecule has 2 amide bonds. The zero-order chi connectivity index (χ0) is 19.6. The number of hydrogen-bond donors (Lipinski definition) is 1. The van der Waals surface area contributed by atoms with Gasteiger partial charge in [0.1, 0.15) is 0 Å². The number of carbonyl (C=O) groups is 2. The minimum absolute atomic E-state index is 0.0145. The van der Waals surface area contributed by atoms with Crippen molar-refractivity contribution in [3.05, 3.63) is 30.2 Å². The van der Waals surface area contributed by atoms with Gasteiger partial charge in [0.2, 0.25) is 23.5 Å². The molecule has 0 spiro atoms. The van der Waals surface area contributed by atoms with E-state index in [-0.39, 0.29) is 23.1 Å². The Morgan fingerprint density at radius 2 is 1.93 bits per heavy atom. The van der Waals surface area contributed by atoms with E-state index in [1.807, 2.05) is 49.9 Å². The van der Waals surface area contributed by atoms with Gasteiger partial charge >= 0.3 is 0 Å². The number of nitrogens with zero attached hydrogens (tertiary/aromatic N) is 3. The predicted octanol–water partition coefficient (Wildman–Crippen LogP) is 3.27. The minimum Gasteiger partial charge on any atom is -0.342 e. The van der Waals surface area contributed by atoms with Crippen LogP contribution in [0.3, 0.4) is 0 Å². The van der Waals surface area contributed by atoms with Gasteiger partial charge in [0.25, 0.3) is 0 Å². The quantitative estimate of drug-likeness (QED) is 0.896. The van der Waals surface area contributed by atoms with E-state index in [1.54, 1.807) is 6.92 Å². The first-order chi connectivity index (χ1) is 12.7. The van der Waals surface area contributed by atoms with Crippen LogP contribution in [0, 0.1) is 18.3 Å². The number of rotatable bonds is 3. The van der Waals surface area contributed by atoms with Gasteiger partial charge in [-0.25, -0.2) is 0 Å². The molecule has 1 aliphatic heterocycles. The van der Waals surface area contributed by atoms with Crippen molar-refractivity contribution in [3.63, 3.8) is 0 Å². The maximum absolute atomic E-state index is 12.6. The van der Waals surface area contributed by atoms with Crippen LogP contribution in [0.5, 0.6) is 0 Å². The first kappa shape index (κ1) is 19.1. The Labute approximate surface area is 159 Å². The van der Waals surface area contributed by atoms with Crippen LogP contribution in [0.25, 0.3) is 11.4 Å². The van der Waals surface area contributed by atoms with Gasteiger partial charge in [-0.3, -0.25) is 9.59 Å². The van der Waals surface area contributed by atoms with Crippen LogP contribution >= 0.6 is 0 Å². The number of amides is 2. The highest BCUT2D eigenvalue weighted by molar-refractivity contribution is 5.93. The van der Waals surface area contributed by atoms with Crippen LogP contribution in [0.1, 0.15) is 39.5 Å². The molecule has 3 rings (SSSR count). The van der Waals surface area contributed by atoms with Gasteiger partial charge in [0.15, 0.2) is 0 Å². The molecular formula is C20H26N4O3. The predicted molar refractivity (Wildman–Crippen MR) is 102 cm³/mol. The topological polar surface area (TPSA) is 88.3 Å². The van der Waals surface area contributed by atoms with Gasteiger partial charge in [-0.1, -0.05) is 38.1 Å². The van der Waals surface area contributed by atoms with Crippen molar-refractivity contribution in [1.82, 2.24) is 15.0 Å². The number of hydrogen-bond acceptors (Lipinski definition) is 5. The van der Waals surface area contributed by atoms with E-state index in [4.69, 9.17) is 4.52 Å². The fraction of sp³-hybridized carbons (Fsp3) is 0.500. The van der Waals surface area contributed by atoms with Crippen LogP contribution in [0.2, 0.25) is 0 Å². The second-order valence-corrected chi connectivity index (χ2v) is 8.02. The molecule has 1 fully saturated rings. The van der Waals surface area contributed by atoms with Crippen LogP contribution in [-0.4, -0.2) is 39.9 Å². The zero-order valence-electron chi connectivity index (χ0n) is 16.3. The van der Waals surface area contributed by atoms with Crippen LogP contribution in [-0.2, 0) is 9.59 Å². The molecule has 0 atom stereocenters. The summed E-state index contributed by atoms with van der Waals surface area (Å²) < 4.78 is 5.01. The van der Waals surface area contributed by atoms with E-state index in [0.717, 1.165) is 5.56 Å². The fourth-order valence-corrected chi connectivity index (χ4v) is 3.22. The Morgan fingerprint density at radius 1 is 1.22 bits per heavy atom. The molecule has 1 N–H and O–H groups in total. The smallest absolute Gasteiger partial charge is 0.227 e. The Kier molecular flexibility index (Phi) is 5.30. The number of aryl methyl sites for hydroxylation is 1. The number of anilines is 1. The molecule has 144 valence electrons. The maximum Gasteiger partial charge on any atom is 0.227 e. The minimum atomic E-state index is -0.386. The Balaban J connectivity index is 1.60. The molecule has 0 aliphatic carbocycles. The molecule has 1 aromatic heterocycles. The molecule has 7 nitrogen and oxygen atoms in total. The van der Waals surface area contributed by atoms with Crippen LogP contribution in [0.15, 0.2) is 28.8 Å². The van der Waals surface area contributed by atoms with Crippen LogP contribution < -0.4 is 5.32 Å². The average molecular weight is 370 g/mol. The Hall–Kier alpha value is -2.70. The summed E-state index contributed by atoms with van der Waals surface area (Å²) >= 11 is 0. The number of nitrogens with one attached hydrogen (secondary N) is 1. The molecule has 1 aliphatic rings. The monoisotopic (exact) mass is 370 g/mol. The number of carbonyl (C=O) groups excluding carboxylic acids is 2. The summed E-state index contributed by atoms with van der Waals surface area (Å²) in [6, 6.07) is 7.39. The summed E-state index contributed by atoms with van der Waals surface area (Å²) in [7, 11) is 0. The second-order valence-electron chi connectivity index (χ2n) is 8.02. The maximum atomic E-state index is 12.6. The van der Waals surface area contributed by atoms with Gasteiger partial charge in [0, 0.05) is 42.6 Å². The van der Waals surface area contributed by atoms with Crippen molar-refractivity contribution in [1.29, 1.82) is 0 Å². The molecule has 27 heavy (non-hydrogen) atoms. The lowest BCUT2D eigenvalue weighted by molar-refractivity contribution is -0.142. The molecular weight excluding hydrogens is 344 g/mol. The number of likely N-dealkylation sites (tertiary alicyclic amines) is 1. The number of piperidine rings is 1. The van der Waals surface area contributed by atoms with Gasteiger partial charge in [-0.05, 0) is 25.0 Å². The van der Waals surface area contributed by atoms with Gasteiger partial charge in [-0.2, -0.15) is 4.98 Å². The molecule has 0 unspecified atom stereocenters. The Bertz CT molecular complexity index is 830. The zero-order valence-corrected chi connectivity index (χ0v) is 16.3. The summed E-state index contributed by atoms with van der Waals surface area (Å²) in [6.07, 6.45) is 1.36. The number of aromatic nitrogens is 2. The summed E-state index contributed by atoms with van der Waals surface area (Å²) in [5, 5.41) is 6.88. The fourth-order valence-electron chi connectivity index (χ4n) is 3.22. The molecule has 0 radical (unpaired) electrons. The summed E-state index contributed by atoms with van der Waals surface area (Å²) in [4.78, 5) is 31.1. The summed E-state index contributed by atoms with van der Waals surface area (Å²) in [6.45, 7) is 8.75. The largest absolute Gasteiger partial charge is 0.342 e. The highest BCUT2D eigenvalue weighted by atomic mass is 16.5. The average Bonchev–Trinajstić information content (AvgIpc) is 3.07. The summed E-state index contributed by atoms with van der Waals surface area (Å²) in [5.41, 5.74) is 1.10. The number of benzene rings is 1. The lowest BCUT2D eigenvalue weighted by Crippen LogP contribution is -2.45. The molecule has 7 heteroatoms. The molecule has 1 aromatic carbocycles. The third-order valence-electron chi connectivity index (χ3n) is 4.71. The second kappa shape index (κ2) is 7.50. The van der Waals surface area contributed by atoms with Crippen molar-refractivity contribution in [3.8, 4) is 11.4 Å². The van der Waals surface area contributed by atoms with Crippen LogP contribution in [0.4, 0.5) is 5.69 Å². The third kappa shape index (κ3) is 4.53. The van der Waals surface area contributed by atoms with Crippen molar-refractivity contribution < 1.29 is 14.1 Å². The highest BCUT2D eigenvalue weighted by Gasteiger charge is 2.32. The van der Waals surface area contributed by atoms with Crippen molar-refractivity contribution in [2.75, 3.05) is 18.4 Å². The molecule has 1 saturated heterocycles. The first-order valence-electron chi connectivity index (χ1n) is 9.25. The van der Waals surface area contributed by atoms with Gasteiger partial charge < -0.3 is 14.7 Å². The lowest BCUT2D eigenvalue weighted by atomic mass is 9.90. The van der Waals surface area contributed by atoms with Gasteiger partial charge in [0.05, 0.1) is 0 Å². The van der Waals surface area contributed by atoms with E-state index in [1.165, 1.54) is 0 Å². The first-order valence-corrected chi connectivity index (χ1v) is 9.25. The van der Waals surface area contributed by atoms with E-state index in [9.17, 15) is 9.59 Å². The van der Waals surface area contributed by atoms with E-state index in [2.05, 4.69) is 15.5 Å². The normalized spacial score (nSPS) is 15.6. The SMILES string of the molecule is Cc1nc(-c2cccc(NC(=O)C3CCN(C(=O)C(C)(C)C)CC3)c2)no1. The molecule has 0 saturated carbocycles. The highest BCUT2D eigenvalue weighted by Crippen LogP contribution is 2.25. The van der Waals surface area contributed by atoms with E-state index < -0.39 is 0 Å². The van der Waals surface area contributed by atoms with Crippen molar-refractivity contribution in [2.24, 2.45) is 11.3 Å². The Morgan fingerprint density at radius 3 is 2.52 bits per heavy atom.